The minimum absolute atomic E-state index is 0.0643. The Morgan fingerprint density at radius 2 is 2.25 bits per heavy atom. The van der Waals surface area contributed by atoms with Crippen LogP contribution in [0.1, 0.15) is 31.6 Å². The molecule has 1 aliphatic rings. The maximum Gasteiger partial charge on any atom is 0.222 e. The van der Waals surface area contributed by atoms with Gasteiger partial charge in [0.2, 0.25) is 5.91 Å². The van der Waals surface area contributed by atoms with Crippen LogP contribution in [0, 0.1) is 0 Å². The molecule has 1 atom stereocenters. The van der Waals surface area contributed by atoms with Crippen LogP contribution in [0.5, 0.6) is 0 Å². The molecule has 0 bridgehead atoms. The van der Waals surface area contributed by atoms with Gasteiger partial charge < -0.3 is 14.6 Å². The van der Waals surface area contributed by atoms with Gasteiger partial charge in [-0.3, -0.25) is 4.79 Å². The fraction of sp³-hybridized carbons (Fsp3) is 0.438. The average Bonchev–Trinajstić information content (AvgIpc) is 3.04. The predicted molar refractivity (Wildman–Crippen MR) is 78.4 cm³/mol. The van der Waals surface area contributed by atoms with Crippen LogP contribution >= 0.6 is 0 Å². The molecule has 1 aromatic heterocycles. The van der Waals surface area contributed by atoms with Crippen LogP contribution in [0.3, 0.4) is 0 Å². The molecule has 0 spiro atoms. The van der Waals surface area contributed by atoms with Crippen LogP contribution in [0.2, 0.25) is 0 Å². The molecular formula is C16H20N2O2. The third-order valence-electron chi connectivity index (χ3n) is 3.81. The lowest BCUT2D eigenvalue weighted by atomic mass is 10.2. The summed E-state index contributed by atoms with van der Waals surface area (Å²) in [5.41, 5.74) is 0.901. The number of furan rings is 1. The average molecular weight is 272 g/mol. The first-order chi connectivity index (χ1) is 9.78. The van der Waals surface area contributed by atoms with E-state index in [4.69, 9.17) is 4.42 Å². The largest absolute Gasteiger partial charge is 0.459 e. The van der Waals surface area contributed by atoms with Gasteiger partial charge in [-0.1, -0.05) is 25.1 Å². The van der Waals surface area contributed by atoms with Gasteiger partial charge in [-0.15, -0.1) is 0 Å². The summed E-state index contributed by atoms with van der Waals surface area (Å²) in [6.07, 6.45) is 1.65. The first-order valence-electron chi connectivity index (χ1n) is 7.27. The lowest BCUT2D eigenvalue weighted by molar-refractivity contribution is -0.128. The number of nitrogens with one attached hydrogen (secondary N) is 1. The van der Waals surface area contributed by atoms with Gasteiger partial charge in [0.15, 0.2) is 0 Å². The minimum Gasteiger partial charge on any atom is -0.459 e. The maximum atomic E-state index is 11.8. The van der Waals surface area contributed by atoms with E-state index in [0.717, 1.165) is 36.2 Å². The molecule has 2 aromatic rings. The van der Waals surface area contributed by atoms with E-state index in [1.807, 2.05) is 29.2 Å². The Kier molecular flexibility index (Phi) is 3.74. The van der Waals surface area contributed by atoms with E-state index in [1.54, 1.807) is 0 Å². The zero-order chi connectivity index (χ0) is 13.9. The molecule has 0 saturated carbocycles. The number of likely N-dealkylation sites (N-methyl/N-ethyl adjacent to an activating group) is 1. The molecule has 1 saturated heterocycles. The van der Waals surface area contributed by atoms with Gasteiger partial charge in [-0.2, -0.15) is 0 Å². The molecule has 0 radical (unpaired) electrons. The first kappa shape index (κ1) is 13.2. The highest BCUT2D eigenvalue weighted by molar-refractivity contribution is 5.79. The molecule has 1 aliphatic heterocycles. The Morgan fingerprint density at radius 3 is 2.95 bits per heavy atom. The number of hydrogen-bond acceptors (Lipinski definition) is 3. The summed E-state index contributed by atoms with van der Waals surface area (Å²) in [4.78, 5) is 13.7. The number of carbonyl (C=O) groups is 1. The topological polar surface area (TPSA) is 45.5 Å². The third kappa shape index (κ3) is 2.56. The van der Waals surface area contributed by atoms with Crippen LogP contribution < -0.4 is 5.32 Å². The number of amides is 1. The lowest BCUT2D eigenvalue weighted by Gasteiger charge is -2.22. The van der Waals surface area contributed by atoms with Gasteiger partial charge in [0.1, 0.15) is 11.3 Å². The molecule has 1 N–H and O–H groups in total. The van der Waals surface area contributed by atoms with Crippen molar-refractivity contribution in [1.82, 2.24) is 10.2 Å². The summed E-state index contributed by atoms with van der Waals surface area (Å²) < 4.78 is 5.93. The monoisotopic (exact) mass is 272 g/mol. The van der Waals surface area contributed by atoms with E-state index < -0.39 is 0 Å². The Morgan fingerprint density at radius 1 is 1.40 bits per heavy atom. The molecule has 1 fully saturated rings. The Hall–Kier alpha value is -1.81. The summed E-state index contributed by atoms with van der Waals surface area (Å²) in [5, 5.41) is 4.53. The molecule has 1 amide bonds. The van der Waals surface area contributed by atoms with Crippen LogP contribution in [-0.4, -0.2) is 30.4 Å². The number of fused-ring (bicyclic) bond motifs is 1. The van der Waals surface area contributed by atoms with Gasteiger partial charge in [0, 0.05) is 24.9 Å². The van der Waals surface area contributed by atoms with Gasteiger partial charge in [-0.05, 0) is 25.1 Å². The van der Waals surface area contributed by atoms with E-state index in [2.05, 4.69) is 18.3 Å². The number of hydrogen-bond donors (Lipinski definition) is 1. The maximum absolute atomic E-state index is 11.8. The van der Waals surface area contributed by atoms with Crippen molar-refractivity contribution in [3.05, 3.63) is 36.1 Å². The van der Waals surface area contributed by atoms with Gasteiger partial charge in [0.25, 0.3) is 0 Å². The van der Waals surface area contributed by atoms with E-state index in [-0.39, 0.29) is 11.9 Å². The third-order valence-corrected chi connectivity index (χ3v) is 3.81. The Labute approximate surface area is 118 Å². The van der Waals surface area contributed by atoms with Crippen molar-refractivity contribution < 1.29 is 9.21 Å². The smallest absolute Gasteiger partial charge is 0.222 e. The van der Waals surface area contributed by atoms with Crippen molar-refractivity contribution in [2.24, 2.45) is 0 Å². The summed E-state index contributed by atoms with van der Waals surface area (Å²) in [7, 11) is 0. The van der Waals surface area contributed by atoms with Crippen LogP contribution in [0.15, 0.2) is 34.7 Å². The molecule has 20 heavy (non-hydrogen) atoms. The molecule has 2 heterocycles. The summed E-state index contributed by atoms with van der Waals surface area (Å²) in [6, 6.07) is 10.1. The van der Waals surface area contributed by atoms with Crippen LogP contribution in [-0.2, 0) is 4.79 Å². The second-order valence-electron chi connectivity index (χ2n) is 5.24. The summed E-state index contributed by atoms with van der Waals surface area (Å²) in [5.74, 6) is 1.16. The van der Waals surface area contributed by atoms with Gasteiger partial charge in [-0.25, -0.2) is 0 Å². The molecular weight excluding hydrogens is 252 g/mol. The van der Waals surface area contributed by atoms with E-state index in [0.29, 0.717) is 13.0 Å². The molecule has 0 aliphatic carbocycles. The number of nitrogens with zero attached hydrogens (tertiary/aromatic N) is 1. The number of carbonyl (C=O) groups excluding carboxylic acids is 1. The van der Waals surface area contributed by atoms with E-state index >= 15 is 0 Å². The predicted octanol–water partition coefficient (Wildman–Crippen LogP) is 2.71. The van der Waals surface area contributed by atoms with E-state index in [9.17, 15) is 4.79 Å². The normalized spacial score (nSPS) is 17.1. The number of para-hydroxylation sites is 1. The van der Waals surface area contributed by atoms with Crippen LogP contribution in [0.4, 0.5) is 0 Å². The Balaban J connectivity index is 1.83. The van der Waals surface area contributed by atoms with Crippen molar-refractivity contribution in [2.45, 2.75) is 25.8 Å². The highest BCUT2D eigenvalue weighted by atomic mass is 16.3. The second-order valence-corrected chi connectivity index (χ2v) is 5.24. The molecule has 4 nitrogen and oxygen atoms in total. The van der Waals surface area contributed by atoms with E-state index in [1.165, 1.54) is 0 Å². The number of likely N-dealkylation sites (tertiary alicyclic amines) is 1. The number of rotatable bonds is 5. The highest BCUT2D eigenvalue weighted by Gasteiger charge is 2.25. The molecule has 1 aromatic carbocycles. The SMILES string of the molecule is CCNC(CN1CCCC1=O)c1cc2ccccc2o1. The molecule has 4 heteroatoms. The van der Waals surface area contributed by atoms with Crippen molar-refractivity contribution >= 4 is 16.9 Å². The fourth-order valence-corrected chi connectivity index (χ4v) is 2.79. The first-order valence-corrected chi connectivity index (χ1v) is 7.27. The molecule has 3 rings (SSSR count). The minimum atomic E-state index is 0.0643. The van der Waals surface area contributed by atoms with Crippen molar-refractivity contribution in [3.63, 3.8) is 0 Å². The summed E-state index contributed by atoms with van der Waals surface area (Å²) in [6.45, 7) is 4.47. The standard InChI is InChI=1S/C16H20N2O2/c1-2-17-13(11-18-9-5-8-16(18)19)15-10-12-6-3-4-7-14(12)20-15/h3-4,6-7,10,13,17H,2,5,8-9,11H2,1H3. The molecule has 106 valence electrons. The fourth-order valence-electron chi connectivity index (χ4n) is 2.79. The zero-order valence-electron chi connectivity index (χ0n) is 11.8. The lowest BCUT2D eigenvalue weighted by Crippen LogP contribution is -2.35. The molecule has 1 unspecified atom stereocenters. The zero-order valence-corrected chi connectivity index (χ0v) is 11.8. The van der Waals surface area contributed by atoms with Crippen molar-refractivity contribution in [3.8, 4) is 0 Å². The van der Waals surface area contributed by atoms with Crippen molar-refractivity contribution in [1.29, 1.82) is 0 Å². The van der Waals surface area contributed by atoms with Gasteiger partial charge >= 0.3 is 0 Å². The Bertz CT molecular complexity index is 572. The second kappa shape index (κ2) is 5.67. The number of benzene rings is 1. The quantitative estimate of drug-likeness (QED) is 0.910. The van der Waals surface area contributed by atoms with Crippen LogP contribution in [0.25, 0.3) is 11.0 Å². The van der Waals surface area contributed by atoms with Crippen molar-refractivity contribution in [2.75, 3.05) is 19.6 Å². The summed E-state index contributed by atoms with van der Waals surface area (Å²) >= 11 is 0. The highest BCUT2D eigenvalue weighted by Crippen LogP contribution is 2.25. The van der Waals surface area contributed by atoms with Gasteiger partial charge in [0.05, 0.1) is 6.04 Å².